The maximum atomic E-state index is 9.39. The number of phenolic OH excluding ortho intramolecular Hbond substituents is 1. The van der Waals surface area contributed by atoms with Gasteiger partial charge in [-0.1, -0.05) is 0 Å². The summed E-state index contributed by atoms with van der Waals surface area (Å²) in [7, 11) is 0. The first-order chi connectivity index (χ1) is 5.68. The molecule has 3 heteroatoms. The number of phenols is 1. The molecule has 1 aromatic rings. The maximum absolute atomic E-state index is 9.39. The molecule has 1 heterocycles. The van der Waals surface area contributed by atoms with Gasteiger partial charge in [0.25, 0.3) is 0 Å². The predicted molar refractivity (Wildman–Crippen MR) is 45.3 cm³/mol. The number of ether oxygens (including phenoxy) is 1. The molecule has 0 amide bonds. The van der Waals surface area contributed by atoms with E-state index >= 15 is 0 Å². The minimum atomic E-state index is -0.0912. The van der Waals surface area contributed by atoms with E-state index in [0.29, 0.717) is 6.61 Å². The van der Waals surface area contributed by atoms with E-state index in [2.05, 4.69) is 0 Å². The average Bonchev–Trinajstić information content (AvgIpc) is 2.35. The molecule has 1 aliphatic rings. The lowest BCUT2D eigenvalue weighted by Gasteiger charge is -2.03. The molecular formula is C9H11NO2. The van der Waals surface area contributed by atoms with E-state index in [0.717, 1.165) is 16.9 Å². The van der Waals surface area contributed by atoms with Crippen LogP contribution in [0.4, 0.5) is 0 Å². The lowest BCUT2D eigenvalue weighted by molar-refractivity contribution is 0.333. The first-order valence-electron chi connectivity index (χ1n) is 3.90. The van der Waals surface area contributed by atoms with Crippen LogP contribution in [0.1, 0.15) is 17.2 Å². The van der Waals surface area contributed by atoms with E-state index in [1.165, 1.54) is 0 Å². The second-order valence-corrected chi connectivity index (χ2v) is 3.09. The van der Waals surface area contributed by atoms with Crippen molar-refractivity contribution in [3.8, 4) is 11.5 Å². The summed E-state index contributed by atoms with van der Waals surface area (Å²) in [5.41, 5.74) is 7.45. The Labute approximate surface area is 70.8 Å². The molecule has 1 unspecified atom stereocenters. The summed E-state index contributed by atoms with van der Waals surface area (Å²) in [5, 5.41) is 9.39. The number of rotatable bonds is 0. The van der Waals surface area contributed by atoms with E-state index in [4.69, 9.17) is 10.5 Å². The van der Waals surface area contributed by atoms with Gasteiger partial charge in [-0.05, 0) is 24.6 Å². The number of aryl methyl sites for hydroxylation is 1. The number of fused-ring (bicyclic) bond motifs is 1. The number of aromatic hydroxyl groups is 1. The fourth-order valence-electron chi connectivity index (χ4n) is 1.37. The lowest BCUT2D eigenvalue weighted by Crippen LogP contribution is -2.10. The van der Waals surface area contributed by atoms with Crippen LogP contribution in [0.5, 0.6) is 11.5 Å². The van der Waals surface area contributed by atoms with Crippen LogP contribution in [0.15, 0.2) is 12.1 Å². The Morgan fingerprint density at radius 3 is 3.08 bits per heavy atom. The van der Waals surface area contributed by atoms with Crippen LogP contribution in [-0.4, -0.2) is 11.7 Å². The van der Waals surface area contributed by atoms with E-state index in [1.807, 2.05) is 13.0 Å². The minimum absolute atomic E-state index is 0.0912. The molecule has 0 saturated carbocycles. The van der Waals surface area contributed by atoms with Gasteiger partial charge < -0.3 is 15.6 Å². The normalized spacial score (nSPS) is 20.3. The third-order valence-corrected chi connectivity index (χ3v) is 2.15. The van der Waals surface area contributed by atoms with Crippen molar-refractivity contribution < 1.29 is 9.84 Å². The van der Waals surface area contributed by atoms with Crippen LogP contribution < -0.4 is 10.5 Å². The summed E-state index contributed by atoms with van der Waals surface area (Å²) < 4.78 is 5.31. The van der Waals surface area contributed by atoms with Gasteiger partial charge in [0.1, 0.15) is 18.1 Å². The molecular weight excluding hydrogens is 154 g/mol. The van der Waals surface area contributed by atoms with Gasteiger partial charge in [-0.2, -0.15) is 0 Å². The number of hydrogen-bond donors (Lipinski definition) is 2. The first-order valence-corrected chi connectivity index (χ1v) is 3.90. The summed E-state index contributed by atoms with van der Waals surface area (Å²) in [4.78, 5) is 0. The van der Waals surface area contributed by atoms with E-state index in [1.54, 1.807) is 6.07 Å². The van der Waals surface area contributed by atoms with Crippen molar-refractivity contribution in [1.29, 1.82) is 0 Å². The van der Waals surface area contributed by atoms with Crippen LogP contribution in [0.2, 0.25) is 0 Å². The van der Waals surface area contributed by atoms with E-state index < -0.39 is 0 Å². The van der Waals surface area contributed by atoms with Gasteiger partial charge in [-0.25, -0.2) is 0 Å². The predicted octanol–water partition coefficient (Wildman–Crippen LogP) is 1.09. The standard InChI is InChI=1S/C9H11NO2/c1-5-2-9-6(3-8(5)11)7(10)4-12-9/h2-3,7,11H,4,10H2,1H3. The zero-order chi connectivity index (χ0) is 8.72. The Balaban J connectivity index is 2.56. The summed E-state index contributed by atoms with van der Waals surface area (Å²) in [5.74, 6) is 1.09. The van der Waals surface area contributed by atoms with Gasteiger partial charge in [0, 0.05) is 5.56 Å². The quantitative estimate of drug-likeness (QED) is 0.605. The second kappa shape index (κ2) is 2.38. The fraction of sp³-hybridized carbons (Fsp3) is 0.333. The van der Waals surface area contributed by atoms with Gasteiger partial charge in [0.2, 0.25) is 0 Å². The Hall–Kier alpha value is -1.22. The molecule has 1 atom stereocenters. The van der Waals surface area contributed by atoms with Crippen molar-refractivity contribution >= 4 is 0 Å². The topological polar surface area (TPSA) is 55.5 Å². The zero-order valence-electron chi connectivity index (χ0n) is 6.87. The number of hydrogen-bond acceptors (Lipinski definition) is 3. The molecule has 0 aromatic heterocycles. The molecule has 3 N–H and O–H groups in total. The number of benzene rings is 1. The van der Waals surface area contributed by atoms with Crippen LogP contribution in [-0.2, 0) is 0 Å². The fourth-order valence-corrected chi connectivity index (χ4v) is 1.37. The monoisotopic (exact) mass is 165 g/mol. The van der Waals surface area contributed by atoms with Crippen molar-refractivity contribution in [2.45, 2.75) is 13.0 Å². The number of nitrogens with two attached hydrogens (primary N) is 1. The molecule has 0 saturated heterocycles. The van der Waals surface area contributed by atoms with Crippen molar-refractivity contribution in [2.75, 3.05) is 6.61 Å². The SMILES string of the molecule is Cc1cc2c(cc1O)C(N)CO2. The van der Waals surface area contributed by atoms with Gasteiger partial charge in [-0.15, -0.1) is 0 Å². The summed E-state index contributed by atoms with van der Waals surface area (Å²) in [6.45, 7) is 2.35. The summed E-state index contributed by atoms with van der Waals surface area (Å²) in [6, 6.07) is 3.41. The van der Waals surface area contributed by atoms with Crippen LogP contribution >= 0.6 is 0 Å². The summed E-state index contributed by atoms with van der Waals surface area (Å²) in [6.07, 6.45) is 0. The highest BCUT2D eigenvalue weighted by molar-refractivity contribution is 5.48. The Morgan fingerprint density at radius 2 is 2.33 bits per heavy atom. The van der Waals surface area contributed by atoms with Gasteiger partial charge in [-0.3, -0.25) is 0 Å². The largest absolute Gasteiger partial charge is 0.508 e. The average molecular weight is 165 g/mol. The van der Waals surface area contributed by atoms with Gasteiger partial charge >= 0.3 is 0 Å². The maximum Gasteiger partial charge on any atom is 0.124 e. The van der Waals surface area contributed by atoms with Gasteiger partial charge in [0.05, 0.1) is 6.04 Å². The highest BCUT2D eigenvalue weighted by atomic mass is 16.5. The van der Waals surface area contributed by atoms with Crippen molar-refractivity contribution in [3.05, 3.63) is 23.3 Å². The molecule has 0 bridgehead atoms. The third-order valence-electron chi connectivity index (χ3n) is 2.15. The highest BCUT2D eigenvalue weighted by Gasteiger charge is 2.21. The molecule has 0 spiro atoms. The molecule has 0 radical (unpaired) electrons. The van der Waals surface area contributed by atoms with E-state index in [9.17, 15) is 5.11 Å². The molecule has 1 aromatic carbocycles. The molecule has 2 rings (SSSR count). The minimum Gasteiger partial charge on any atom is -0.508 e. The van der Waals surface area contributed by atoms with Gasteiger partial charge in [0.15, 0.2) is 0 Å². The Bertz CT molecular complexity index is 323. The molecule has 3 nitrogen and oxygen atoms in total. The zero-order valence-corrected chi connectivity index (χ0v) is 6.87. The van der Waals surface area contributed by atoms with Crippen LogP contribution in [0, 0.1) is 6.92 Å². The second-order valence-electron chi connectivity index (χ2n) is 3.09. The lowest BCUT2D eigenvalue weighted by atomic mass is 10.1. The molecule has 64 valence electrons. The molecule has 1 aliphatic heterocycles. The molecule has 12 heavy (non-hydrogen) atoms. The van der Waals surface area contributed by atoms with Crippen LogP contribution in [0.25, 0.3) is 0 Å². The Kier molecular flexibility index (Phi) is 1.48. The highest BCUT2D eigenvalue weighted by Crippen LogP contribution is 2.35. The third kappa shape index (κ3) is 0.940. The summed E-state index contributed by atoms with van der Waals surface area (Å²) >= 11 is 0. The Morgan fingerprint density at radius 1 is 1.58 bits per heavy atom. The smallest absolute Gasteiger partial charge is 0.124 e. The molecule has 0 aliphatic carbocycles. The molecule has 0 fully saturated rings. The van der Waals surface area contributed by atoms with E-state index in [-0.39, 0.29) is 11.8 Å². The van der Waals surface area contributed by atoms with Crippen molar-refractivity contribution in [3.63, 3.8) is 0 Å². The first kappa shape index (κ1) is 7.43. The van der Waals surface area contributed by atoms with Crippen molar-refractivity contribution in [2.24, 2.45) is 5.73 Å². The van der Waals surface area contributed by atoms with Crippen molar-refractivity contribution in [1.82, 2.24) is 0 Å². The van der Waals surface area contributed by atoms with Crippen LogP contribution in [0.3, 0.4) is 0 Å².